The maximum atomic E-state index is 10.7. The van der Waals surface area contributed by atoms with Gasteiger partial charge in [-0.25, -0.2) is 0 Å². The number of nitro groups is 1. The van der Waals surface area contributed by atoms with Crippen molar-refractivity contribution in [2.75, 3.05) is 26.2 Å². The minimum absolute atomic E-state index is 0. The van der Waals surface area contributed by atoms with E-state index in [0.717, 1.165) is 38.2 Å². The Morgan fingerprint density at radius 1 is 1.50 bits per heavy atom. The van der Waals surface area contributed by atoms with Crippen LogP contribution in [0.2, 0.25) is 0 Å². The maximum absolute atomic E-state index is 10.7. The van der Waals surface area contributed by atoms with Crippen LogP contribution >= 0.6 is 36.2 Å². The van der Waals surface area contributed by atoms with Gasteiger partial charge in [-0.1, -0.05) is 17.4 Å². The molecule has 1 N–H and O–H groups in total. The number of piperazine rings is 1. The van der Waals surface area contributed by atoms with Crippen LogP contribution in [0.5, 0.6) is 0 Å². The molecule has 0 radical (unpaired) electrons. The van der Waals surface area contributed by atoms with Gasteiger partial charge < -0.3 is 5.32 Å². The van der Waals surface area contributed by atoms with Crippen LogP contribution in [0, 0.1) is 10.1 Å². The fourth-order valence-electron chi connectivity index (χ4n) is 2.26. The largest absolute Gasteiger partial charge is 0.324 e. The van der Waals surface area contributed by atoms with Crippen molar-refractivity contribution in [3.63, 3.8) is 0 Å². The van der Waals surface area contributed by atoms with Crippen molar-refractivity contribution in [2.45, 2.75) is 12.5 Å². The summed E-state index contributed by atoms with van der Waals surface area (Å²) in [6, 6.07) is 1.91. The van der Waals surface area contributed by atoms with Crippen molar-refractivity contribution >= 4 is 41.2 Å². The lowest BCUT2D eigenvalue weighted by molar-refractivity contribution is -0.380. The van der Waals surface area contributed by atoms with Crippen molar-refractivity contribution < 1.29 is 4.92 Å². The zero-order valence-electron chi connectivity index (χ0n) is 11.0. The molecule has 0 bridgehead atoms. The Balaban J connectivity index is 0.00000180. The van der Waals surface area contributed by atoms with E-state index in [9.17, 15) is 10.1 Å². The van der Waals surface area contributed by atoms with Crippen LogP contribution in [-0.4, -0.2) is 36.0 Å². The third kappa shape index (κ3) is 4.71. The predicted octanol–water partition coefficient (Wildman–Crippen LogP) is 3.02. The first-order valence-electron chi connectivity index (χ1n) is 6.01. The van der Waals surface area contributed by atoms with Gasteiger partial charge in [-0.2, -0.15) is 0 Å². The number of nitrogens with one attached hydrogen (secondary N) is 1. The number of rotatable bonds is 5. The quantitative estimate of drug-likeness (QED) is 0.509. The lowest BCUT2D eigenvalue weighted by atomic mass is 10.0. The molecular weight excluding hydrogens is 321 g/mol. The highest BCUT2D eigenvalue weighted by Crippen LogP contribution is 2.32. The number of hydrogen-bond acceptors (Lipinski definition) is 5. The highest BCUT2D eigenvalue weighted by Gasteiger charge is 2.23. The fourth-order valence-corrected chi connectivity index (χ4v) is 3.03. The molecule has 2 heterocycles. The van der Waals surface area contributed by atoms with E-state index in [0.29, 0.717) is 0 Å². The Morgan fingerprint density at radius 3 is 2.65 bits per heavy atom. The van der Waals surface area contributed by atoms with Gasteiger partial charge in [0.15, 0.2) is 0 Å². The molecule has 0 amide bonds. The summed E-state index contributed by atoms with van der Waals surface area (Å²) in [7, 11) is 0. The average Bonchev–Trinajstić information content (AvgIpc) is 2.86. The van der Waals surface area contributed by atoms with Gasteiger partial charge in [-0.15, -0.1) is 31.4 Å². The summed E-state index contributed by atoms with van der Waals surface area (Å²) in [6.45, 7) is 7.68. The summed E-state index contributed by atoms with van der Waals surface area (Å²) >= 11 is 1.20. The van der Waals surface area contributed by atoms with E-state index in [1.807, 2.05) is 11.5 Å². The monoisotopic (exact) mass is 339 g/mol. The van der Waals surface area contributed by atoms with Crippen molar-refractivity contribution in [2.24, 2.45) is 0 Å². The lowest BCUT2D eigenvalue weighted by Crippen LogP contribution is -2.45. The van der Waals surface area contributed by atoms with Crippen LogP contribution < -0.4 is 5.32 Å². The highest BCUT2D eigenvalue weighted by atomic mass is 35.5. The number of halogens is 2. The Labute approximate surface area is 135 Å². The molecule has 1 fully saturated rings. The molecule has 0 aliphatic carbocycles. The van der Waals surface area contributed by atoms with E-state index in [1.54, 1.807) is 6.07 Å². The van der Waals surface area contributed by atoms with Crippen molar-refractivity contribution in [1.29, 1.82) is 0 Å². The first kappa shape index (κ1) is 19.3. The van der Waals surface area contributed by atoms with Gasteiger partial charge >= 0.3 is 5.00 Å². The maximum Gasteiger partial charge on any atom is 0.324 e. The first-order chi connectivity index (χ1) is 8.72. The zero-order valence-corrected chi connectivity index (χ0v) is 13.4. The minimum atomic E-state index is -0.323. The van der Waals surface area contributed by atoms with Gasteiger partial charge in [0, 0.05) is 43.7 Å². The van der Waals surface area contributed by atoms with E-state index >= 15 is 0 Å². The molecule has 1 aromatic heterocycles. The fraction of sp³-hybridized carbons (Fsp3) is 0.500. The SMILES string of the molecule is C=CC[C@@H](c1csc([N+](=O)[O-])c1)N1CCNCC1.Cl.Cl. The zero-order chi connectivity index (χ0) is 13.0. The average molecular weight is 340 g/mol. The molecule has 5 nitrogen and oxygen atoms in total. The predicted molar refractivity (Wildman–Crippen MR) is 87.5 cm³/mol. The summed E-state index contributed by atoms with van der Waals surface area (Å²) in [5.41, 5.74) is 1.04. The smallest absolute Gasteiger partial charge is 0.314 e. The van der Waals surface area contributed by atoms with Crippen LogP contribution in [0.4, 0.5) is 5.00 Å². The van der Waals surface area contributed by atoms with Crippen LogP contribution in [0.1, 0.15) is 18.0 Å². The van der Waals surface area contributed by atoms with Crippen molar-refractivity contribution in [3.05, 3.63) is 39.8 Å². The van der Waals surface area contributed by atoms with Crippen LogP contribution in [0.25, 0.3) is 0 Å². The second kappa shape index (κ2) is 9.31. The Kier molecular flexibility index (Phi) is 9.00. The summed E-state index contributed by atoms with van der Waals surface area (Å²) < 4.78 is 0. The Hall–Kier alpha value is -0.660. The summed E-state index contributed by atoms with van der Waals surface area (Å²) in [4.78, 5) is 12.8. The second-order valence-corrected chi connectivity index (χ2v) is 5.19. The van der Waals surface area contributed by atoms with E-state index in [1.165, 1.54) is 11.3 Å². The molecule has 2 rings (SSSR count). The molecule has 1 atom stereocenters. The standard InChI is InChI=1S/C12H17N3O2S.2ClH/c1-2-3-11(14-6-4-13-5-7-14)10-8-12(15(16)17)18-9-10;;/h2,8-9,11,13H,1,3-7H2;2*1H/t11-;;/m0../s1. The molecule has 1 aliphatic heterocycles. The molecule has 0 unspecified atom stereocenters. The molecule has 8 heteroatoms. The van der Waals surface area contributed by atoms with Crippen molar-refractivity contribution in [3.8, 4) is 0 Å². The Morgan fingerprint density at radius 2 is 2.15 bits per heavy atom. The van der Waals surface area contributed by atoms with E-state index in [-0.39, 0.29) is 40.8 Å². The van der Waals surface area contributed by atoms with Gasteiger partial charge in [0.2, 0.25) is 0 Å². The van der Waals surface area contributed by atoms with Crippen LogP contribution in [-0.2, 0) is 0 Å². The summed E-state index contributed by atoms with van der Waals surface area (Å²) in [5.74, 6) is 0. The lowest BCUT2D eigenvalue weighted by Gasteiger charge is -2.34. The highest BCUT2D eigenvalue weighted by molar-refractivity contribution is 7.13. The topological polar surface area (TPSA) is 58.4 Å². The molecule has 0 saturated carbocycles. The number of hydrogen-bond donors (Lipinski definition) is 1. The van der Waals surface area contributed by atoms with E-state index < -0.39 is 0 Å². The summed E-state index contributed by atoms with van der Waals surface area (Å²) in [6.07, 6.45) is 2.71. The first-order valence-corrected chi connectivity index (χ1v) is 6.89. The van der Waals surface area contributed by atoms with E-state index in [4.69, 9.17) is 0 Å². The molecular formula is C12H19Cl2N3O2S. The normalized spacial score (nSPS) is 16.6. The molecule has 0 spiro atoms. The summed E-state index contributed by atoms with van der Waals surface area (Å²) in [5, 5.41) is 16.2. The molecule has 114 valence electrons. The molecule has 1 aromatic rings. The minimum Gasteiger partial charge on any atom is -0.314 e. The van der Waals surface area contributed by atoms with Gasteiger partial charge in [-0.05, 0) is 12.0 Å². The van der Waals surface area contributed by atoms with Gasteiger partial charge in [-0.3, -0.25) is 15.0 Å². The molecule has 1 aliphatic rings. The molecule has 20 heavy (non-hydrogen) atoms. The van der Waals surface area contributed by atoms with Crippen LogP contribution in [0.3, 0.4) is 0 Å². The second-order valence-electron chi connectivity index (χ2n) is 4.30. The Bertz CT molecular complexity index is 436. The van der Waals surface area contributed by atoms with E-state index in [2.05, 4.69) is 16.8 Å². The van der Waals surface area contributed by atoms with Crippen LogP contribution in [0.15, 0.2) is 24.1 Å². The van der Waals surface area contributed by atoms with Gasteiger partial charge in [0.05, 0.1) is 4.92 Å². The third-order valence-electron chi connectivity index (χ3n) is 3.15. The molecule has 0 aromatic carbocycles. The van der Waals surface area contributed by atoms with Gasteiger partial charge in [0.1, 0.15) is 0 Å². The van der Waals surface area contributed by atoms with Gasteiger partial charge in [0.25, 0.3) is 0 Å². The third-order valence-corrected chi connectivity index (χ3v) is 4.05. The molecule has 1 saturated heterocycles. The van der Waals surface area contributed by atoms with Crippen molar-refractivity contribution in [1.82, 2.24) is 10.2 Å². The number of thiophene rings is 1. The number of nitrogens with zero attached hydrogens (tertiary/aromatic N) is 2.